The van der Waals surface area contributed by atoms with Gasteiger partial charge in [-0.1, -0.05) is 72.8 Å². The smallest absolute Gasteiger partial charge is 0.253 e. The number of hydrogen-bond donors (Lipinski definition) is 2. The van der Waals surface area contributed by atoms with Gasteiger partial charge in [0.05, 0.1) is 5.69 Å². The van der Waals surface area contributed by atoms with E-state index in [0.29, 0.717) is 12.1 Å². The maximum atomic E-state index is 13.3. The maximum Gasteiger partial charge on any atom is 0.253 e. The third kappa shape index (κ3) is 4.12. The summed E-state index contributed by atoms with van der Waals surface area (Å²) in [6.45, 7) is 1.88. The molecule has 0 spiro atoms. The first-order valence-electron chi connectivity index (χ1n) is 10.6. The zero-order valence-corrected chi connectivity index (χ0v) is 18.0. The number of carbonyl (C=O) groups excluding carboxylic acids is 3. The zero-order chi connectivity index (χ0) is 22.7. The Labute approximate surface area is 187 Å². The van der Waals surface area contributed by atoms with Gasteiger partial charge in [-0.15, -0.1) is 0 Å². The first-order valence-corrected chi connectivity index (χ1v) is 10.6. The van der Waals surface area contributed by atoms with E-state index in [0.717, 1.165) is 22.4 Å². The Morgan fingerprint density at radius 3 is 2.25 bits per heavy atom. The lowest BCUT2D eigenvalue weighted by atomic mass is 9.95. The fraction of sp³-hybridized carbons (Fsp3) is 0.192. The minimum atomic E-state index is -0.949. The lowest BCUT2D eigenvalue weighted by molar-refractivity contribution is -0.136. The van der Waals surface area contributed by atoms with Crippen LogP contribution in [0.2, 0.25) is 0 Å². The average Bonchev–Trinajstić information content (AvgIpc) is 2.92. The van der Waals surface area contributed by atoms with E-state index < -0.39 is 23.8 Å². The summed E-state index contributed by atoms with van der Waals surface area (Å²) >= 11 is 0. The molecule has 6 nitrogen and oxygen atoms in total. The van der Waals surface area contributed by atoms with Gasteiger partial charge in [0.2, 0.25) is 11.8 Å². The van der Waals surface area contributed by atoms with Crippen molar-refractivity contribution in [2.75, 3.05) is 11.9 Å². The van der Waals surface area contributed by atoms with Gasteiger partial charge in [-0.2, -0.15) is 0 Å². The van der Waals surface area contributed by atoms with Crippen molar-refractivity contribution < 1.29 is 14.4 Å². The maximum absolute atomic E-state index is 13.3. The van der Waals surface area contributed by atoms with E-state index in [4.69, 9.17) is 0 Å². The third-order valence-corrected chi connectivity index (χ3v) is 5.79. The Bertz CT molecular complexity index is 1160. The Hall–Kier alpha value is -3.93. The largest absolute Gasteiger partial charge is 0.351 e. The van der Waals surface area contributed by atoms with Crippen LogP contribution in [0.5, 0.6) is 0 Å². The van der Waals surface area contributed by atoms with Gasteiger partial charge in [-0.25, -0.2) is 0 Å². The van der Waals surface area contributed by atoms with Crippen molar-refractivity contribution in [1.82, 2.24) is 10.6 Å². The van der Waals surface area contributed by atoms with Gasteiger partial charge in [0, 0.05) is 19.2 Å². The summed E-state index contributed by atoms with van der Waals surface area (Å²) < 4.78 is 0. The number of fused-ring (bicyclic) bond motifs is 3. The van der Waals surface area contributed by atoms with Crippen molar-refractivity contribution in [3.05, 3.63) is 90.0 Å². The van der Waals surface area contributed by atoms with Crippen LogP contribution in [-0.2, 0) is 20.9 Å². The van der Waals surface area contributed by atoms with E-state index in [1.807, 2.05) is 78.9 Å². The van der Waals surface area contributed by atoms with Crippen LogP contribution in [0, 0.1) is 5.92 Å². The highest BCUT2D eigenvalue weighted by Crippen LogP contribution is 2.39. The average molecular weight is 428 g/mol. The van der Waals surface area contributed by atoms with Crippen molar-refractivity contribution in [1.29, 1.82) is 0 Å². The number of likely N-dealkylation sites (N-methyl/N-ethyl adjacent to an activating group) is 1. The van der Waals surface area contributed by atoms with Crippen LogP contribution < -0.4 is 15.5 Å². The first kappa shape index (κ1) is 21.3. The minimum Gasteiger partial charge on any atom is -0.351 e. The zero-order valence-electron chi connectivity index (χ0n) is 18.0. The SMILES string of the molecule is C[C@@H](C(=O)NCc1ccccc1)C(=O)N[C@@H]1C(=O)N(C)c2ccccc2-c2ccccc21. The number of nitrogens with one attached hydrogen (secondary N) is 2. The molecule has 3 aromatic carbocycles. The van der Waals surface area contributed by atoms with E-state index >= 15 is 0 Å². The van der Waals surface area contributed by atoms with Crippen molar-refractivity contribution in [2.45, 2.75) is 19.5 Å². The molecule has 2 atom stereocenters. The summed E-state index contributed by atoms with van der Waals surface area (Å²) in [6, 6.07) is 23.8. The van der Waals surface area contributed by atoms with Crippen LogP contribution in [0.1, 0.15) is 24.1 Å². The van der Waals surface area contributed by atoms with Crippen molar-refractivity contribution in [3.63, 3.8) is 0 Å². The molecule has 0 aromatic heterocycles. The number of carbonyl (C=O) groups is 3. The van der Waals surface area contributed by atoms with E-state index in [2.05, 4.69) is 10.6 Å². The summed E-state index contributed by atoms with van der Waals surface area (Å²) in [5, 5.41) is 5.61. The van der Waals surface area contributed by atoms with Crippen LogP contribution in [-0.4, -0.2) is 24.8 Å². The normalized spacial score (nSPS) is 15.8. The number of anilines is 1. The van der Waals surface area contributed by atoms with Crippen LogP contribution in [0.15, 0.2) is 78.9 Å². The fourth-order valence-corrected chi connectivity index (χ4v) is 3.90. The van der Waals surface area contributed by atoms with E-state index in [9.17, 15) is 14.4 Å². The van der Waals surface area contributed by atoms with Crippen LogP contribution in [0.3, 0.4) is 0 Å². The molecule has 0 aliphatic carbocycles. The Morgan fingerprint density at radius 1 is 0.875 bits per heavy atom. The van der Waals surface area contributed by atoms with Crippen LogP contribution in [0.25, 0.3) is 11.1 Å². The van der Waals surface area contributed by atoms with E-state index in [1.54, 1.807) is 18.9 Å². The highest BCUT2D eigenvalue weighted by atomic mass is 16.2. The molecule has 2 N–H and O–H groups in total. The number of rotatable bonds is 5. The number of para-hydroxylation sites is 1. The summed E-state index contributed by atoms with van der Waals surface area (Å²) in [7, 11) is 1.70. The lowest BCUT2D eigenvalue weighted by Gasteiger charge is -2.24. The molecule has 32 heavy (non-hydrogen) atoms. The van der Waals surface area contributed by atoms with Gasteiger partial charge in [-0.05, 0) is 29.7 Å². The number of benzene rings is 3. The molecule has 1 aliphatic heterocycles. The lowest BCUT2D eigenvalue weighted by Crippen LogP contribution is -2.45. The molecular formula is C26H25N3O3. The molecule has 0 unspecified atom stereocenters. The van der Waals surface area contributed by atoms with Crippen LogP contribution >= 0.6 is 0 Å². The molecular weight excluding hydrogens is 402 g/mol. The monoisotopic (exact) mass is 427 g/mol. The molecule has 0 bridgehead atoms. The molecule has 162 valence electrons. The highest BCUT2D eigenvalue weighted by Gasteiger charge is 2.34. The Kier molecular flexibility index (Phi) is 6.03. The molecule has 3 amide bonds. The molecule has 6 heteroatoms. The predicted octanol–water partition coefficient (Wildman–Crippen LogP) is 3.44. The molecule has 1 heterocycles. The molecule has 0 radical (unpaired) electrons. The second-order valence-corrected chi connectivity index (χ2v) is 7.87. The van der Waals surface area contributed by atoms with Gasteiger partial charge in [0.25, 0.3) is 5.91 Å². The summed E-state index contributed by atoms with van der Waals surface area (Å²) in [5.74, 6) is -2.09. The van der Waals surface area contributed by atoms with Crippen LogP contribution in [0.4, 0.5) is 5.69 Å². The summed E-state index contributed by atoms with van der Waals surface area (Å²) in [6.07, 6.45) is 0. The number of amides is 3. The highest BCUT2D eigenvalue weighted by molar-refractivity contribution is 6.07. The van der Waals surface area contributed by atoms with Gasteiger partial charge in [0.15, 0.2) is 0 Å². The molecule has 3 aromatic rings. The first-order chi connectivity index (χ1) is 15.5. The predicted molar refractivity (Wildman–Crippen MR) is 124 cm³/mol. The van der Waals surface area contributed by atoms with Crippen molar-refractivity contribution in [3.8, 4) is 11.1 Å². The Balaban J connectivity index is 1.55. The molecule has 0 saturated carbocycles. The molecule has 0 fully saturated rings. The van der Waals surface area contributed by atoms with Gasteiger partial charge in [0.1, 0.15) is 12.0 Å². The van der Waals surface area contributed by atoms with Gasteiger partial charge < -0.3 is 15.5 Å². The van der Waals surface area contributed by atoms with E-state index in [-0.39, 0.29) is 5.91 Å². The summed E-state index contributed by atoms with van der Waals surface area (Å²) in [5.41, 5.74) is 4.23. The topological polar surface area (TPSA) is 78.5 Å². The summed E-state index contributed by atoms with van der Waals surface area (Å²) in [4.78, 5) is 40.4. The molecule has 4 rings (SSSR count). The number of hydrogen-bond acceptors (Lipinski definition) is 3. The third-order valence-electron chi connectivity index (χ3n) is 5.79. The van der Waals surface area contributed by atoms with Gasteiger partial charge in [-0.3, -0.25) is 14.4 Å². The Morgan fingerprint density at radius 2 is 1.50 bits per heavy atom. The van der Waals surface area contributed by atoms with Gasteiger partial charge >= 0.3 is 0 Å². The quantitative estimate of drug-likeness (QED) is 0.613. The number of nitrogens with zero attached hydrogens (tertiary/aromatic N) is 1. The molecule has 0 saturated heterocycles. The second kappa shape index (κ2) is 9.06. The fourth-order valence-electron chi connectivity index (χ4n) is 3.90. The van der Waals surface area contributed by atoms with Crippen molar-refractivity contribution >= 4 is 23.4 Å². The van der Waals surface area contributed by atoms with E-state index in [1.165, 1.54) is 0 Å². The standard InChI is InChI=1S/C26H25N3O3/c1-17(24(30)27-16-18-10-4-3-5-11-18)25(31)28-23-21-14-7-6-12-19(21)20-13-8-9-15-22(20)29(2)26(23)32/h3-15,17,23H,16H2,1-2H3,(H,27,30)(H,28,31)/t17-,23-/m0/s1. The molecule has 1 aliphatic rings. The minimum absolute atomic E-state index is 0.257. The second-order valence-electron chi connectivity index (χ2n) is 7.87. The van der Waals surface area contributed by atoms with Crippen molar-refractivity contribution in [2.24, 2.45) is 5.92 Å².